The minimum Gasteiger partial charge on any atom is -0.365 e. The smallest absolute Gasteiger partial charge is 0.297 e. The molecule has 0 saturated carbocycles. The Kier molecular flexibility index (Phi) is 5.56. The number of ether oxygens (including phenoxy) is 1. The maximum absolute atomic E-state index is 14.3. The number of nitrogens with zero attached hydrogens (tertiary/aromatic N) is 3. The molecular weight excluding hydrogens is 396 g/mol. The van der Waals surface area contributed by atoms with Crippen molar-refractivity contribution >= 4 is 11.6 Å². The minimum absolute atomic E-state index is 0.354. The van der Waals surface area contributed by atoms with Gasteiger partial charge in [0.15, 0.2) is 0 Å². The predicted molar refractivity (Wildman–Crippen MR) is 106 cm³/mol. The summed E-state index contributed by atoms with van der Waals surface area (Å²) >= 11 is 5.96. The lowest BCUT2D eigenvalue weighted by molar-refractivity contribution is -0.301. The third-order valence-corrected chi connectivity index (χ3v) is 6.27. The van der Waals surface area contributed by atoms with E-state index in [0.29, 0.717) is 43.1 Å². The number of rotatable bonds is 6. The molecule has 3 heterocycles. The van der Waals surface area contributed by atoms with Crippen LogP contribution in [-0.4, -0.2) is 41.6 Å². The number of nitriles is 1. The molecule has 2 saturated heterocycles. The molecule has 0 radical (unpaired) electrons. The summed E-state index contributed by atoms with van der Waals surface area (Å²) in [5.74, 6) is -2.78. The van der Waals surface area contributed by atoms with Crippen molar-refractivity contribution in [3.05, 3.63) is 64.4 Å². The molecule has 2 atom stereocenters. The molecule has 4 rings (SSSR count). The van der Waals surface area contributed by atoms with Crippen LogP contribution in [0.25, 0.3) is 0 Å². The van der Waals surface area contributed by atoms with Crippen molar-refractivity contribution in [3.63, 3.8) is 0 Å². The highest BCUT2D eigenvalue weighted by Gasteiger charge is 2.61. The molecule has 0 amide bonds. The molecule has 1 aromatic carbocycles. The van der Waals surface area contributed by atoms with Crippen LogP contribution in [0.5, 0.6) is 0 Å². The Labute approximate surface area is 174 Å². The summed E-state index contributed by atoms with van der Waals surface area (Å²) in [7, 11) is 0. The number of hydrogen-bond donors (Lipinski definition) is 0. The molecule has 2 aromatic rings. The fraction of sp³-hybridized carbons (Fsp3) is 0.455. The summed E-state index contributed by atoms with van der Waals surface area (Å²) in [6, 6.07) is 13.1. The first-order chi connectivity index (χ1) is 13.9. The van der Waals surface area contributed by atoms with E-state index in [-0.39, 0.29) is 0 Å². The van der Waals surface area contributed by atoms with Crippen LogP contribution in [0, 0.1) is 16.7 Å². The average molecular weight is 418 g/mol. The summed E-state index contributed by atoms with van der Waals surface area (Å²) < 4.78 is 34.1. The van der Waals surface area contributed by atoms with Crippen molar-refractivity contribution in [2.24, 2.45) is 5.41 Å². The number of aromatic nitrogens is 1. The van der Waals surface area contributed by atoms with Crippen molar-refractivity contribution in [1.29, 1.82) is 5.26 Å². The molecule has 29 heavy (non-hydrogen) atoms. The van der Waals surface area contributed by atoms with Gasteiger partial charge in [-0.1, -0.05) is 29.8 Å². The van der Waals surface area contributed by atoms with Gasteiger partial charge in [0.25, 0.3) is 5.92 Å². The van der Waals surface area contributed by atoms with Gasteiger partial charge in [-0.05, 0) is 55.1 Å². The molecule has 152 valence electrons. The first-order valence-corrected chi connectivity index (χ1v) is 10.1. The van der Waals surface area contributed by atoms with Crippen LogP contribution in [0.15, 0.2) is 42.6 Å². The molecule has 4 nitrogen and oxygen atoms in total. The average Bonchev–Trinajstić information content (AvgIpc) is 3.11. The Morgan fingerprint density at radius 2 is 1.97 bits per heavy atom. The molecule has 0 bridgehead atoms. The van der Waals surface area contributed by atoms with E-state index >= 15 is 0 Å². The largest absolute Gasteiger partial charge is 0.365 e. The first-order valence-electron chi connectivity index (χ1n) is 9.71. The van der Waals surface area contributed by atoms with Crippen LogP contribution in [0.1, 0.15) is 29.7 Å². The predicted octanol–water partition coefficient (Wildman–Crippen LogP) is 4.47. The van der Waals surface area contributed by atoms with Gasteiger partial charge in [-0.2, -0.15) is 5.26 Å². The Balaban J connectivity index is 1.48. The molecule has 0 spiro atoms. The van der Waals surface area contributed by atoms with Gasteiger partial charge in [-0.3, -0.25) is 4.90 Å². The Bertz CT molecular complexity index is 898. The van der Waals surface area contributed by atoms with E-state index in [9.17, 15) is 8.78 Å². The maximum Gasteiger partial charge on any atom is 0.297 e. The first kappa shape index (κ1) is 20.2. The van der Waals surface area contributed by atoms with Crippen molar-refractivity contribution in [2.75, 3.05) is 19.7 Å². The van der Waals surface area contributed by atoms with Crippen molar-refractivity contribution in [2.45, 2.75) is 37.8 Å². The monoisotopic (exact) mass is 417 g/mol. The van der Waals surface area contributed by atoms with Crippen molar-refractivity contribution in [3.8, 4) is 6.07 Å². The molecule has 0 N–H and O–H groups in total. The zero-order valence-corrected chi connectivity index (χ0v) is 16.7. The molecule has 1 aromatic heterocycles. The van der Waals surface area contributed by atoms with E-state index in [2.05, 4.69) is 9.88 Å². The Hall–Kier alpha value is -2.07. The van der Waals surface area contributed by atoms with Gasteiger partial charge >= 0.3 is 0 Å². The quantitative estimate of drug-likeness (QED) is 0.696. The molecule has 2 aliphatic heterocycles. The van der Waals surface area contributed by atoms with Crippen LogP contribution < -0.4 is 0 Å². The Morgan fingerprint density at radius 1 is 1.21 bits per heavy atom. The van der Waals surface area contributed by atoms with Crippen LogP contribution in [0.2, 0.25) is 5.02 Å². The number of likely N-dealkylation sites (tertiary alicyclic amines) is 1. The van der Waals surface area contributed by atoms with Gasteiger partial charge in [0, 0.05) is 29.7 Å². The molecule has 2 fully saturated rings. The van der Waals surface area contributed by atoms with Gasteiger partial charge in [-0.15, -0.1) is 0 Å². The van der Waals surface area contributed by atoms with Gasteiger partial charge in [-0.25, -0.2) is 13.8 Å². The SMILES string of the molecule is N#Cc1ccc(CC[C@@]2([C@H]3OCC3(F)F)CCN(Cc3ccc(Cl)cc3)C2)cn1. The summed E-state index contributed by atoms with van der Waals surface area (Å²) in [5, 5.41) is 9.57. The number of benzene rings is 1. The fourth-order valence-corrected chi connectivity index (χ4v) is 4.59. The topological polar surface area (TPSA) is 49.1 Å². The van der Waals surface area contributed by atoms with Crippen molar-refractivity contribution in [1.82, 2.24) is 9.88 Å². The number of pyridine rings is 1. The zero-order valence-electron chi connectivity index (χ0n) is 16.0. The number of aryl methyl sites for hydroxylation is 1. The lowest BCUT2D eigenvalue weighted by Gasteiger charge is -2.48. The number of halogens is 3. The molecule has 7 heteroatoms. The van der Waals surface area contributed by atoms with Gasteiger partial charge in [0.1, 0.15) is 24.5 Å². The molecule has 0 aliphatic carbocycles. The van der Waals surface area contributed by atoms with E-state index < -0.39 is 24.0 Å². The highest BCUT2D eigenvalue weighted by atomic mass is 35.5. The van der Waals surface area contributed by atoms with Crippen LogP contribution >= 0.6 is 11.6 Å². The highest BCUT2D eigenvalue weighted by Crippen LogP contribution is 2.50. The fourth-order valence-electron chi connectivity index (χ4n) is 4.47. The third kappa shape index (κ3) is 4.28. The second kappa shape index (κ2) is 7.98. The molecule has 2 aliphatic rings. The summed E-state index contributed by atoms with van der Waals surface area (Å²) in [5.41, 5.74) is 1.82. The second-order valence-electron chi connectivity index (χ2n) is 8.07. The second-order valence-corrected chi connectivity index (χ2v) is 8.50. The minimum atomic E-state index is -2.78. The van der Waals surface area contributed by atoms with Crippen LogP contribution in [0.4, 0.5) is 8.78 Å². The van der Waals surface area contributed by atoms with E-state index in [1.165, 1.54) is 0 Å². The highest BCUT2D eigenvalue weighted by molar-refractivity contribution is 6.30. The summed E-state index contributed by atoms with van der Waals surface area (Å²) in [6.45, 7) is 1.54. The van der Waals surface area contributed by atoms with Gasteiger partial charge in [0.2, 0.25) is 0 Å². The normalized spacial score (nSPS) is 26.1. The van der Waals surface area contributed by atoms with Crippen LogP contribution in [-0.2, 0) is 17.7 Å². The summed E-state index contributed by atoms with van der Waals surface area (Å²) in [4.78, 5) is 6.31. The van der Waals surface area contributed by atoms with E-state index in [4.69, 9.17) is 21.6 Å². The molecular formula is C22H22ClF2N3O. The molecule has 0 unspecified atom stereocenters. The van der Waals surface area contributed by atoms with Crippen LogP contribution in [0.3, 0.4) is 0 Å². The number of alkyl halides is 2. The maximum atomic E-state index is 14.3. The zero-order chi connectivity index (χ0) is 20.5. The standard InChI is InChI=1S/C22H22ClF2N3O/c23-18-4-1-17(2-5-18)13-28-10-9-21(14-28,20-22(24,25)15-29-20)8-7-16-3-6-19(11-26)27-12-16/h1-6,12,20H,7-10,13-15H2/t20-,21-/m1/s1. The third-order valence-electron chi connectivity index (χ3n) is 6.02. The lowest BCUT2D eigenvalue weighted by atomic mass is 9.72. The number of hydrogen-bond acceptors (Lipinski definition) is 4. The van der Waals surface area contributed by atoms with Gasteiger partial charge < -0.3 is 4.74 Å². The van der Waals surface area contributed by atoms with E-state index in [0.717, 1.165) is 17.7 Å². The Morgan fingerprint density at radius 3 is 2.55 bits per heavy atom. The summed E-state index contributed by atoms with van der Waals surface area (Å²) in [6.07, 6.45) is 2.51. The lowest BCUT2D eigenvalue weighted by Crippen LogP contribution is -2.61. The van der Waals surface area contributed by atoms with Crippen molar-refractivity contribution < 1.29 is 13.5 Å². The van der Waals surface area contributed by atoms with Gasteiger partial charge in [0.05, 0.1) is 0 Å². The van der Waals surface area contributed by atoms with E-state index in [1.807, 2.05) is 36.4 Å². The van der Waals surface area contributed by atoms with E-state index in [1.54, 1.807) is 12.3 Å².